The number of hydrogen-bond acceptors (Lipinski definition) is 8. The van der Waals surface area contributed by atoms with Gasteiger partial charge >= 0.3 is 17.9 Å². The Hall–Kier alpha value is -5.20. The number of amides is 2. The number of aliphatic imine (C=N–C) groups is 1. The number of aromatic carboxylic acids is 2. The van der Waals surface area contributed by atoms with Gasteiger partial charge in [0.1, 0.15) is 40.2 Å². The highest BCUT2D eigenvalue weighted by molar-refractivity contribution is 6.25. The quantitative estimate of drug-likeness (QED) is 0.148. The van der Waals surface area contributed by atoms with Crippen molar-refractivity contribution >= 4 is 47.5 Å². The van der Waals surface area contributed by atoms with Gasteiger partial charge in [-0.25, -0.2) is 19.4 Å². The minimum atomic E-state index is -1.34. The Bertz CT molecular complexity index is 1720. The van der Waals surface area contributed by atoms with Crippen LogP contribution in [0.4, 0.5) is 5.82 Å². The first-order chi connectivity index (χ1) is 23.1. The topological polar surface area (TPSA) is 196 Å². The molecular formula is C36H44N4O9. The second kappa shape index (κ2) is 15.3. The van der Waals surface area contributed by atoms with Gasteiger partial charge in [-0.1, -0.05) is 26.8 Å². The lowest BCUT2D eigenvalue weighted by atomic mass is 9.75. The van der Waals surface area contributed by atoms with E-state index < -0.39 is 23.8 Å². The number of amidine groups is 1. The number of H-pyrrole nitrogens is 1. The summed E-state index contributed by atoms with van der Waals surface area (Å²) >= 11 is 0. The molecule has 1 saturated carbocycles. The Balaban J connectivity index is 1.56. The second-order valence-electron chi connectivity index (χ2n) is 13.0. The van der Waals surface area contributed by atoms with Crippen molar-refractivity contribution in [3.8, 4) is 5.75 Å². The summed E-state index contributed by atoms with van der Waals surface area (Å²) in [6, 6.07) is 3.79. The van der Waals surface area contributed by atoms with Gasteiger partial charge in [0.05, 0.1) is 12.3 Å². The minimum Gasteiger partial charge on any atom is -0.492 e. The Morgan fingerprint density at radius 3 is 2.14 bits per heavy atom. The smallest absolute Gasteiger partial charge is 0.342 e. The number of nitrogens with zero attached hydrogens (tertiary/aromatic N) is 1. The van der Waals surface area contributed by atoms with Gasteiger partial charge in [-0.15, -0.1) is 0 Å². The highest BCUT2D eigenvalue weighted by Gasteiger charge is 2.37. The molecule has 49 heavy (non-hydrogen) atoms. The van der Waals surface area contributed by atoms with Crippen LogP contribution in [0.3, 0.4) is 0 Å². The summed E-state index contributed by atoms with van der Waals surface area (Å²) in [6.07, 6.45) is 3.32. The number of rotatable bonds is 11. The molecule has 2 heterocycles. The molecule has 2 unspecified atom stereocenters. The Labute approximate surface area is 284 Å². The number of aromatic nitrogens is 1. The van der Waals surface area contributed by atoms with Gasteiger partial charge in [0.2, 0.25) is 11.8 Å². The van der Waals surface area contributed by atoms with E-state index in [4.69, 9.17) is 9.47 Å². The van der Waals surface area contributed by atoms with E-state index in [2.05, 4.69) is 41.4 Å². The molecule has 262 valence electrons. The van der Waals surface area contributed by atoms with Gasteiger partial charge in [0.15, 0.2) is 0 Å². The zero-order chi connectivity index (χ0) is 36.2. The first-order valence-corrected chi connectivity index (χ1v) is 16.3. The average Bonchev–Trinajstić information content (AvgIpc) is 3.45. The van der Waals surface area contributed by atoms with Crippen LogP contribution in [0.25, 0.3) is 6.08 Å². The SMILES string of the molecule is CC(=O)Nc1[nH]c(/C=C2\N=C(NC(=O)CCCOc3c(C(=O)O)cccc3C(=O)O)C(C(=O)OC3C(C)CC(C)CC3C)=C2C)c(C)c1C. The van der Waals surface area contributed by atoms with Crippen molar-refractivity contribution < 1.29 is 43.7 Å². The zero-order valence-corrected chi connectivity index (χ0v) is 28.9. The number of benzene rings is 1. The molecule has 2 aliphatic rings. The lowest BCUT2D eigenvalue weighted by molar-refractivity contribution is -0.152. The van der Waals surface area contributed by atoms with Gasteiger partial charge < -0.3 is 35.3 Å². The summed E-state index contributed by atoms with van der Waals surface area (Å²) < 4.78 is 11.6. The first kappa shape index (κ1) is 36.6. The maximum atomic E-state index is 13.8. The van der Waals surface area contributed by atoms with E-state index in [9.17, 15) is 34.2 Å². The van der Waals surface area contributed by atoms with Gasteiger partial charge in [-0.3, -0.25) is 9.59 Å². The van der Waals surface area contributed by atoms with E-state index in [1.807, 2.05) is 13.8 Å². The van der Waals surface area contributed by atoms with E-state index in [1.165, 1.54) is 25.1 Å². The van der Waals surface area contributed by atoms with Crippen LogP contribution in [0.1, 0.15) is 97.8 Å². The summed E-state index contributed by atoms with van der Waals surface area (Å²) in [7, 11) is 0. The monoisotopic (exact) mass is 676 g/mol. The standard InChI is InChI=1S/C36H44N4O9/c1-17-14-18(2)30(19(3)15-17)49-36(47)29-22(6)27(16-26-20(4)21(5)32(38-26)37-23(7)41)39-33(29)40-28(42)12-9-13-48-31-24(34(43)44)10-8-11-25(31)35(45)46/h8,10-11,16-19,30,38H,9,12-15H2,1-7H3,(H,37,41)(H,43,44)(H,45,46)(H,39,40,42)/b27-16-. The number of hydrogen-bond donors (Lipinski definition) is 5. The fraction of sp³-hybridized carbons (Fsp3) is 0.444. The molecular weight excluding hydrogens is 632 g/mol. The van der Waals surface area contributed by atoms with E-state index in [-0.39, 0.29) is 71.6 Å². The number of nitrogens with one attached hydrogen (secondary N) is 3. The predicted octanol–water partition coefficient (Wildman–Crippen LogP) is 5.65. The van der Waals surface area contributed by atoms with E-state index in [1.54, 1.807) is 13.0 Å². The van der Waals surface area contributed by atoms with Gasteiger partial charge in [0, 0.05) is 19.0 Å². The van der Waals surface area contributed by atoms with Crippen molar-refractivity contribution in [3.05, 3.63) is 63.0 Å². The number of carbonyl (C=O) groups is 5. The molecule has 0 saturated heterocycles. The largest absolute Gasteiger partial charge is 0.492 e. The fourth-order valence-corrected chi connectivity index (χ4v) is 6.58. The Morgan fingerprint density at radius 1 is 0.959 bits per heavy atom. The lowest BCUT2D eigenvalue weighted by Crippen LogP contribution is -2.40. The summed E-state index contributed by atoms with van der Waals surface area (Å²) in [6.45, 7) is 13.1. The summed E-state index contributed by atoms with van der Waals surface area (Å²) in [5.41, 5.74) is 2.84. The van der Waals surface area contributed by atoms with Crippen molar-refractivity contribution in [1.29, 1.82) is 0 Å². The molecule has 13 nitrogen and oxygen atoms in total. The molecule has 0 radical (unpaired) electrons. The third-order valence-electron chi connectivity index (χ3n) is 9.06. The number of carbonyl (C=O) groups excluding carboxylic acids is 3. The maximum absolute atomic E-state index is 13.8. The number of para-hydroxylation sites is 1. The first-order valence-electron chi connectivity index (χ1n) is 16.3. The normalized spacial score (nSPS) is 21.3. The van der Waals surface area contributed by atoms with Crippen LogP contribution in [-0.4, -0.2) is 63.5 Å². The molecule has 2 aromatic rings. The van der Waals surface area contributed by atoms with Crippen molar-refractivity contribution in [2.75, 3.05) is 11.9 Å². The molecule has 5 N–H and O–H groups in total. The number of carboxylic acids is 2. The van der Waals surface area contributed by atoms with Crippen molar-refractivity contribution in [2.24, 2.45) is 22.7 Å². The number of allylic oxidation sites excluding steroid dienone is 1. The van der Waals surface area contributed by atoms with Gasteiger partial charge in [-0.05, 0) is 92.7 Å². The molecule has 1 aliphatic carbocycles. The van der Waals surface area contributed by atoms with E-state index >= 15 is 0 Å². The highest BCUT2D eigenvalue weighted by atomic mass is 16.5. The summed E-state index contributed by atoms with van der Waals surface area (Å²) in [5, 5.41) is 24.5. The molecule has 2 atom stereocenters. The molecule has 0 spiro atoms. The van der Waals surface area contributed by atoms with Crippen LogP contribution in [0.15, 0.2) is 40.0 Å². The van der Waals surface area contributed by atoms with Gasteiger partial charge in [0.25, 0.3) is 0 Å². The third kappa shape index (κ3) is 8.45. The van der Waals surface area contributed by atoms with E-state index in [0.717, 1.165) is 24.0 Å². The van der Waals surface area contributed by atoms with Crippen LogP contribution >= 0.6 is 0 Å². The van der Waals surface area contributed by atoms with Crippen LogP contribution in [0.2, 0.25) is 0 Å². The summed E-state index contributed by atoms with van der Waals surface area (Å²) in [4.78, 5) is 69.7. The number of ether oxygens (including phenoxy) is 2. The van der Waals surface area contributed by atoms with Crippen LogP contribution in [-0.2, 0) is 19.1 Å². The van der Waals surface area contributed by atoms with E-state index in [0.29, 0.717) is 28.7 Å². The van der Waals surface area contributed by atoms with Gasteiger partial charge in [-0.2, -0.15) is 0 Å². The average molecular weight is 677 g/mol. The molecule has 1 aromatic carbocycles. The molecule has 4 rings (SSSR count). The minimum absolute atomic E-state index is 0.0385. The molecule has 13 heteroatoms. The van der Waals surface area contributed by atoms with Crippen molar-refractivity contribution in [1.82, 2.24) is 10.3 Å². The fourth-order valence-electron chi connectivity index (χ4n) is 6.58. The number of carboxylic acid groups (broad SMARTS) is 2. The van der Waals surface area contributed by atoms with Crippen LogP contribution < -0.4 is 15.4 Å². The number of esters is 1. The Morgan fingerprint density at radius 2 is 1.57 bits per heavy atom. The lowest BCUT2D eigenvalue weighted by Gasteiger charge is -2.37. The van der Waals surface area contributed by atoms with Crippen molar-refractivity contribution in [2.45, 2.75) is 80.3 Å². The molecule has 1 aromatic heterocycles. The molecule has 1 aliphatic heterocycles. The van der Waals surface area contributed by atoms with Crippen molar-refractivity contribution in [3.63, 3.8) is 0 Å². The molecule has 0 bridgehead atoms. The zero-order valence-electron chi connectivity index (χ0n) is 28.9. The van der Waals surface area contributed by atoms with Crippen LogP contribution in [0.5, 0.6) is 5.75 Å². The number of anilines is 1. The maximum Gasteiger partial charge on any atom is 0.342 e. The third-order valence-corrected chi connectivity index (χ3v) is 9.06. The highest BCUT2D eigenvalue weighted by Crippen LogP contribution is 2.37. The predicted molar refractivity (Wildman–Crippen MR) is 183 cm³/mol. The van der Waals surface area contributed by atoms with Crippen LogP contribution in [0, 0.1) is 31.6 Å². The molecule has 2 amide bonds. The Kier molecular flexibility index (Phi) is 11.5. The number of aromatic amines is 1. The second-order valence-corrected chi connectivity index (χ2v) is 13.0. The summed E-state index contributed by atoms with van der Waals surface area (Å²) in [5.74, 6) is -2.88. The molecule has 1 fully saturated rings.